The predicted molar refractivity (Wildman–Crippen MR) is 82.5 cm³/mol. The summed E-state index contributed by atoms with van der Waals surface area (Å²) in [5, 5.41) is 13.6. The van der Waals surface area contributed by atoms with Crippen molar-refractivity contribution < 1.29 is 14.7 Å². The third-order valence-electron chi connectivity index (χ3n) is 4.51. The Bertz CT molecular complexity index is 567. The van der Waals surface area contributed by atoms with Crippen LogP contribution < -0.4 is 0 Å². The Labute approximate surface area is 131 Å². The van der Waals surface area contributed by atoms with Crippen LogP contribution in [0.1, 0.15) is 44.1 Å². The Morgan fingerprint density at radius 2 is 2.14 bits per heavy atom. The molecule has 3 atom stereocenters. The molecule has 0 aliphatic carbocycles. The zero-order valence-corrected chi connectivity index (χ0v) is 13.7. The fourth-order valence-corrected chi connectivity index (χ4v) is 3.30. The lowest BCUT2D eigenvalue weighted by atomic mass is 9.87. The van der Waals surface area contributed by atoms with E-state index in [-0.39, 0.29) is 23.8 Å². The average Bonchev–Trinajstić information content (AvgIpc) is 2.77. The first-order valence-electron chi connectivity index (χ1n) is 7.83. The molecule has 0 spiro atoms. The highest BCUT2D eigenvalue weighted by molar-refractivity contribution is 5.77. The molecule has 1 aliphatic heterocycles. The van der Waals surface area contributed by atoms with Gasteiger partial charge in [-0.15, -0.1) is 0 Å². The van der Waals surface area contributed by atoms with Gasteiger partial charge in [-0.05, 0) is 39.2 Å². The molecule has 2 heterocycles. The number of carbonyl (C=O) groups excluding carboxylic acids is 1. The van der Waals surface area contributed by atoms with E-state index in [1.165, 1.54) is 0 Å². The van der Waals surface area contributed by atoms with E-state index >= 15 is 0 Å². The van der Waals surface area contributed by atoms with Crippen LogP contribution in [0.2, 0.25) is 0 Å². The van der Waals surface area contributed by atoms with E-state index in [1.807, 2.05) is 38.4 Å². The molecular weight excluding hydrogens is 282 g/mol. The SMILES string of the molecule is Cc1cc(C)n(C(C)CC(=O)N2CCC(C(=O)O)C(C)C2)n1. The van der Waals surface area contributed by atoms with Crippen molar-refractivity contribution in [2.45, 2.75) is 46.6 Å². The van der Waals surface area contributed by atoms with E-state index in [1.54, 1.807) is 4.90 Å². The number of carboxylic acid groups (broad SMARTS) is 1. The van der Waals surface area contributed by atoms with Gasteiger partial charge in [-0.2, -0.15) is 5.10 Å². The average molecular weight is 307 g/mol. The molecule has 2 rings (SSSR count). The van der Waals surface area contributed by atoms with Gasteiger partial charge in [-0.25, -0.2) is 0 Å². The molecule has 122 valence electrons. The first-order chi connectivity index (χ1) is 10.3. The van der Waals surface area contributed by atoms with Crippen LogP contribution in [0.3, 0.4) is 0 Å². The largest absolute Gasteiger partial charge is 0.481 e. The lowest BCUT2D eigenvalue weighted by Gasteiger charge is -2.35. The van der Waals surface area contributed by atoms with E-state index in [9.17, 15) is 9.59 Å². The standard InChI is InChI=1S/C16H25N3O3/c1-10-9-18(6-5-14(10)16(21)22)15(20)8-13(4)19-12(3)7-11(2)17-19/h7,10,13-14H,5-6,8-9H2,1-4H3,(H,21,22). The van der Waals surface area contributed by atoms with E-state index in [2.05, 4.69) is 5.10 Å². The second-order valence-electron chi connectivity index (χ2n) is 6.48. The van der Waals surface area contributed by atoms with Gasteiger partial charge in [0.25, 0.3) is 0 Å². The number of aliphatic carboxylic acids is 1. The Morgan fingerprint density at radius 1 is 1.45 bits per heavy atom. The zero-order chi connectivity index (χ0) is 16.4. The number of aromatic nitrogens is 2. The van der Waals surface area contributed by atoms with Crippen molar-refractivity contribution in [3.8, 4) is 0 Å². The van der Waals surface area contributed by atoms with Gasteiger partial charge in [0.15, 0.2) is 0 Å². The van der Waals surface area contributed by atoms with Gasteiger partial charge in [0.2, 0.25) is 5.91 Å². The number of hydrogen-bond acceptors (Lipinski definition) is 3. The number of aryl methyl sites for hydroxylation is 2. The van der Waals surface area contributed by atoms with Gasteiger partial charge in [0, 0.05) is 25.2 Å². The van der Waals surface area contributed by atoms with Crippen molar-refractivity contribution in [3.63, 3.8) is 0 Å². The number of carbonyl (C=O) groups is 2. The van der Waals surface area contributed by atoms with E-state index in [0.717, 1.165) is 11.4 Å². The number of likely N-dealkylation sites (tertiary alicyclic amines) is 1. The number of carboxylic acids is 1. The summed E-state index contributed by atoms with van der Waals surface area (Å²) in [5.74, 6) is -1.01. The normalized spacial score (nSPS) is 23.4. The maximum absolute atomic E-state index is 12.5. The quantitative estimate of drug-likeness (QED) is 0.923. The highest BCUT2D eigenvalue weighted by Gasteiger charge is 2.33. The predicted octanol–water partition coefficient (Wildman–Crippen LogP) is 2.02. The summed E-state index contributed by atoms with van der Waals surface area (Å²) < 4.78 is 1.89. The van der Waals surface area contributed by atoms with Crippen LogP contribution in [-0.4, -0.2) is 44.8 Å². The highest BCUT2D eigenvalue weighted by atomic mass is 16.4. The molecule has 0 bridgehead atoms. The molecule has 3 unspecified atom stereocenters. The topological polar surface area (TPSA) is 75.4 Å². The molecule has 1 fully saturated rings. The second kappa shape index (κ2) is 6.50. The maximum atomic E-state index is 12.5. The summed E-state index contributed by atoms with van der Waals surface area (Å²) in [7, 11) is 0. The van der Waals surface area contributed by atoms with Crippen LogP contribution in [-0.2, 0) is 9.59 Å². The Kier molecular flexibility index (Phi) is 4.88. The highest BCUT2D eigenvalue weighted by Crippen LogP contribution is 2.25. The molecule has 1 N–H and O–H groups in total. The minimum absolute atomic E-state index is 0.000750. The molecule has 1 aromatic heterocycles. The number of rotatable bonds is 4. The lowest BCUT2D eigenvalue weighted by Crippen LogP contribution is -2.45. The third kappa shape index (κ3) is 3.48. The minimum Gasteiger partial charge on any atom is -0.481 e. The number of amides is 1. The summed E-state index contributed by atoms with van der Waals surface area (Å²) in [6.07, 6.45) is 0.933. The van der Waals surface area contributed by atoms with E-state index in [4.69, 9.17) is 5.11 Å². The molecule has 1 amide bonds. The van der Waals surface area contributed by atoms with Gasteiger partial charge in [-0.1, -0.05) is 6.92 Å². The Balaban J connectivity index is 1.95. The lowest BCUT2D eigenvalue weighted by molar-refractivity contribution is -0.148. The van der Waals surface area contributed by atoms with Crippen molar-refractivity contribution in [1.29, 1.82) is 0 Å². The van der Waals surface area contributed by atoms with Gasteiger partial charge in [0.05, 0.1) is 17.7 Å². The van der Waals surface area contributed by atoms with Crippen molar-refractivity contribution in [2.24, 2.45) is 11.8 Å². The molecule has 0 radical (unpaired) electrons. The summed E-state index contributed by atoms with van der Waals surface area (Å²) >= 11 is 0. The number of nitrogens with zero attached hydrogens (tertiary/aromatic N) is 3. The van der Waals surface area contributed by atoms with Gasteiger partial charge >= 0.3 is 5.97 Å². The monoisotopic (exact) mass is 307 g/mol. The third-order valence-corrected chi connectivity index (χ3v) is 4.51. The van der Waals surface area contributed by atoms with Crippen LogP contribution in [0.25, 0.3) is 0 Å². The van der Waals surface area contributed by atoms with Crippen molar-refractivity contribution >= 4 is 11.9 Å². The van der Waals surface area contributed by atoms with E-state index < -0.39 is 5.97 Å². The molecule has 22 heavy (non-hydrogen) atoms. The summed E-state index contributed by atoms with van der Waals surface area (Å²) in [5.41, 5.74) is 2.00. The Hall–Kier alpha value is -1.85. The molecule has 6 heteroatoms. The maximum Gasteiger partial charge on any atom is 0.306 e. The Morgan fingerprint density at radius 3 is 2.64 bits per heavy atom. The van der Waals surface area contributed by atoms with Crippen LogP contribution >= 0.6 is 0 Å². The first-order valence-corrected chi connectivity index (χ1v) is 7.83. The van der Waals surface area contributed by atoms with Crippen LogP contribution in [0.4, 0.5) is 0 Å². The summed E-state index contributed by atoms with van der Waals surface area (Å²) in [4.78, 5) is 25.4. The fraction of sp³-hybridized carbons (Fsp3) is 0.688. The van der Waals surface area contributed by atoms with Gasteiger partial charge < -0.3 is 10.0 Å². The van der Waals surface area contributed by atoms with Gasteiger partial charge in [0.1, 0.15) is 0 Å². The first kappa shape index (κ1) is 16.5. The second-order valence-corrected chi connectivity index (χ2v) is 6.48. The number of piperidine rings is 1. The minimum atomic E-state index is -0.754. The number of hydrogen-bond donors (Lipinski definition) is 1. The van der Waals surface area contributed by atoms with Crippen LogP contribution in [0.15, 0.2) is 6.07 Å². The summed E-state index contributed by atoms with van der Waals surface area (Å²) in [6.45, 7) is 8.88. The smallest absolute Gasteiger partial charge is 0.306 e. The molecule has 0 saturated carbocycles. The molecule has 0 aromatic carbocycles. The van der Waals surface area contributed by atoms with Crippen LogP contribution in [0, 0.1) is 25.7 Å². The van der Waals surface area contributed by atoms with Gasteiger partial charge in [-0.3, -0.25) is 14.3 Å². The fourth-order valence-electron chi connectivity index (χ4n) is 3.30. The molecule has 6 nitrogen and oxygen atoms in total. The molecular formula is C16H25N3O3. The molecule has 1 aliphatic rings. The zero-order valence-electron chi connectivity index (χ0n) is 13.7. The van der Waals surface area contributed by atoms with E-state index in [0.29, 0.717) is 25.9 Å². The molecule has 1 saturated heterocycles. The van der Waals surface area contributed by atoms with Crippen molar-refractivity contribution in [1.82, 2.24) is 14.7 Å². The summed E-state index contributed by atoms with van der Waals surface area (Å²) in [6, 6.07) is 2.01. The van der Waals surface area contributed by atoms with Crippen LogP contribution in [0.5, 0.6) is 0 Å². The van der Waals surface area contributed by atoms with Crippen molar-refractivity contribution in [3.05, 3.63) is 17.5 Å². The molecule has 1 aromatic rings. The van der Waals surface area contributed by atoms with Crippen molar-refractivity contribution in [2.75, 3.05) is 13.1 Å².